The van der Waals surface area contributed by atoms with E-state index in [0.717, 1.165) is 16.7 Å². The Kier molecular flexibility index (Phi) is 3.23. The average molecular weight is 321 g/mol. The Morgan fingerprint density at radius 3 is 2.71 bits per heavy atom. The van der Waals surface area contributed by atoms with Crippen molar-refractivity contribution in [2.75, 3.05) is 0 Å². The zero-order valence-electron chi connectivity index (χ0n) is 13.3. The van der Waals surface area contributed by atoms with Crippen LogP contribution in [0.25, 0.3) is 0 Å². The maximum atomic E-state index is 12.5. The number of carbonyl (C=O) groups excluding carboxylic acids is 2. The number of pyridine rings is 1. The van der Waals surface area contributed by atoms with Gasteiger partial charge in [0.05, 0.1) is 12.0 Å². The van der Waals surface area contributed by atoms with Crippen LogP contribution in [0.2, 0.25) is 0 Å². The maximum Gasteiger partial charge on any atom is 0.312 e. The number of benzene rings is 1. The first-order valence-electron chi connectivity index (χ1n) is 7.73. The van der Waals surface area contributed by atoms with Crippen molar-refractivity contribution < 1.29 is 19.1 Å². The van der Waals surface area contributed by atoms with Crippen LogP contribution in [-0.2, 0) is 4.79 Å². The molecule has 4 rings (SSSR count). The molecule has 0 radical (unpaired) electrons. The van der Waals surface area contributed by atoms with E-state index in [-0.39, 0.29) is 24.1 Å². The fraction of sp³-hybridized carbons (Fsp3) is 0.211. The molecule has 0 aliphatic carbocycles. The highest BCUT2D eigenvalue weighted by Crippen LogP contribution is 2.48. The molecule has 3 heterocycles. The monoisotopic (exact) mass is 321 g/mol. The smallest absolute Gasteiger partial charge is 0.312 e. The van der Waals surface area contributed by atoms with E-state index in [1.807, 2.05) is 26.0 Å². The Morgan fingerprint density at radius 2 is 2.00 bits per heavy atom. The van der Waals surface area contributed by atoms with Crippen LogP contribution in [0, 0.1) is 0 Å². The number of ketones is 1. The quantitative estimate of drug-likeness (QED) is 0.457. The van der Waals surface area contributed by atoms with Crippen LogP contribution < -0.4 is 9.47 Å². The van der Waals surface area contributed by atoms with Crippen LogP contribution in [0.15, 0.2) is 48.0 Å². The van der Waals surface area contributed by atoms with E-state index in [1.165, 1.54) is 0 Å². The maximum absolute atomic E-state index is 12.5. The molecule has 1 aromatic heterocycles. The van der Waals surface area contributed by atoms with Gasteiger partial charge in [0, 0.05) is 23.9 Å². The van der Waals surface area contributed by atoms with Gasteiger partial charge in [-0.2, -0.15) is 0 Å². The zero-order valence-corrected chi connectivity index (χ0v) is 13.3. The van der Waals surface area contributed by atoms with Gasteiger partial charge in [-0.05, 0) is 43.2 Å². The van der Waals surface area contributed by atoms with Crippen molar-refractivity contribution in [3.63, 3.8) is 0 Å². The average Bonchev–Trinajstić information content (AvgIpc) is 2.92. The van der Waals surface area contributed by atoms with Crippen molar-refractivity contribution in [1.29, 1.82) is 0 Å². The number of rotatable bonds is 1. The summed E-state index contributed by atoms with van der Waals surface area (Å²) in [6.45, 7) is 3.67. The van der Waals surface area contributed by atoms with Gasteiger partial charge in [0.25, 0.3) is 0 Å². The summed E-state index contributed by atoms with van der Waals surface area (Å²) in [4.78, 5) is 28.7. The summed E-state index contributed by atoms with van der Waals surface area (Å²) in [5.74, 6) is 0.615. The molecule has 0 saturated heterocycles. The number of ether oxygens (including phenoxy) is 2. The van der Waals surface area contributed by atoms with E-state index in [4.69, 9.17) is 9.47 Å². The van der Waals surface area contributed by atoms with Crippen LogP contribution in [-0.4, -0.2) is 16.7 Å². The molecule has 1 unspecified atom stereocenters. The molecular weight excluding hydrogens is 306 g/mol. The highest BCUT2D eigenvalue weighted by atomic mass is 16.5. The second-order valence-corrected chi connectivity index (χ2v) is 6.13. The number of esters is 1. The third-order valence-corrected chi connectivity index (χ3v) is 4.30. The summed E-state index contributed by atoms with van der Waals surface area (Å²) in [6.07, 6.45) is 3.60. The van der Waals surface area contributed by atoms with Crippen LogP contribution in [0.1, 0.15) is 47.7 Å². The van der Waals surface area contributed by atoms with Crippen molar-refractivity contribution in [3.8, 4) is 11.5 Å². The third-order valence-electron chi connectivity index (χ3n) is 4.30. The second kappa shape index (κ2) is 5.30. The molecular formula is C19H15NO4. The Hall–Kier alpha value is -2.95. The highest BCUT2D eigenvalue weighted by molar-refractivity contribution is 6.13. The number of Topliss-reactive ketones (excluding diaryl/α,β-unsaturated/α-hetero) is 1. The largest absolute Gasteiger partial charge is 0.452 e. The van der Waals surface area contributed by atoms with Crippen LogP contribution >= 0.6 is 0 Å². The summed E-state index contributed by atoms with van der Waals surface area (Å²) < 4.78 is 11.3. The summed E-state index contributed by atoms with van der Waals surface area (Å²) in [5.41, 5.74) is 2.96. The minimum Gasteiger partial charge on any atom is -0.452 e. The van der Waals surface area contributed by atoms with Gasteiger partial charge >= 0.3 is 5.97 Å². The number of carbonyl (C=O) groups is 2. The normalized spacial score (nSPS) is 18.6. The minimum atomic E-state index is -0.303. The van der Waals surface area contributed by atoms with Gasteiger partial charge in [-0.25, -0.2) is 0 Å². The van der Waals surface area contributed by atoms with Gasteiger partial charge in [-0.1, -0.05) is 6.07 Å². The first-order valence-corrected chi connectivity index (χ1v) is 7.73. The van der Waals surface area contributed by atoms with E-state index < -0.39 is 0 Å². The first kappa shape index (κ1) is 14.6. The van der Waals surface area contributed by atoms with Gasteiger partial charge in [0.15, 0.2) is 5.76 Å². The fourth-order valence-corrected chi connectivity index (χ4v) is 3.19. The zero-order chi connectivity index (χ0) is 16.8. The Bertz CT molecular complexity index is 895. The number of hydrogen-bond acceptors (Lipinski definition) is 5. The predicted molar refractivity (Wildman–Crippen MR) is 86.1 cm³/mol. The molecule has 0 saturated carbocycles. The molecule has 2 aliphatic rings. The molecule has 5 nitrogen and oxygen atoms in total. The lowest BCUT2D eigenvalue weighted by molar-refractivity contribution is -0.135. The van der Waals surface area contributed by atoms with E-state index >= 15 is 0 Å². The predicted octanol–water partition coefficient (Wildman–Crippen LogP) is 3.39. The summed E-state index contributed by atoms with van der Waals surface area (Å²) >= 11 is 0. The van der Waals surface area contributed by atoms with E-state index in [2.05, 4.69) is 4.98 Å². The molecule has 1 atom stereocenters. The fourth-order valence-electron chi connectivity index (χ4n) is 3.19. The molecule has 0 bridgehead atoms. The number of allylic oxidation sites excluding steroid dienone is 2. The molecule has 0 spiro atoms. The van der Waals surface area contributed by atoms with Crippen molar-refractivity contribution in [3.05, 3.63) is 64.7 Å². The highest BCUT2D eigenvalue weighted by Gasteiger charge is 2.38. The lowest BCUT2D eigenvalue weighted by atomic mass is 9.85. The number of hydrogen-bond donors (Lipinski definition) is 0. The van der Waals surface area contributed by atoms with Gasteiger partial charge in [0.2, 0.25) is 5.78 Å². The van der Waals surface area contributed by atoms with Gasteiger partial charge in [-0.3, -0.25) is 14.6 Å². The Morgan fingerprint density at radius 1 is 1.17 bits per heavy atom. The standard InChI is InChI=1S/C19H15NO4/c1-10(2)18-17(22)12-5-6-14-16(19(12)24-18)13(8-15(21)23-14)11-4-3-7-20-9-11/h3-7,9,13H,8H2,1-2H3. The second-order valence-electron chi connectivity index (χ2n) is 6.13. The van der Waals surface area contributed by atoms with Crippen LogP contribution in [0.4, 0.5) is 0 Å². The van der Waals surface area contributed by atoms with Crippen molar-refractivity contribution in [2.45, 2.75) is 26.2 Å². The van der Waals surface area contributed by atoms with Crippen molar-refractivity contribution in [1.82, 2.24) is 4.98 Å². The molecule has 5 heteroatoms. The summed E-state index contributed by atoms with van der Waals surface area (Å²) in [7, 11) is 0. The van der Waals surface area contributed by atoms with E-state index in [1.54, 1.807) is 24.5 Å². The molecule has 0 N–H and O–H groups in total. The van der Waals surface area contributed by atoms with E-state index in [0.29, 0.717) is 22.8 Å². The molecule has 2 aliphatic heterocycles. The number of aromatic nitrogens is 1. The molecule has 2 aromatic rings. The van der Waals surface area contributed by atoms with Crippen LogP contribution in [0.5, 0.6) is 11.5 Å². The van der Waals surface area contributed by atoms with Gasteiger partial charge < -0.3 is 9.47 Å². The topological polar surface area (TPSA) is 65.5 Å². The first-order chi connectivity index (χ1) is 11.6. The Balaban J connectivity index is 1.93. The van der Waals surface area contributed by atoms with Crippen molar-refractivity contribution >= 4 is 11.8 Å². The molecule has 0 amide bonds. The number of nitrogens with zero attached hydrogens (tertiary/aromatic N) is 1. The third kappa shape index (κ3) is 2.12. The van der Waals surface area contributed by atoms with E-state index in [9.17, 15) is 9.59 Å². The van der Waals surface area contributed by atoms with Gasteiger partial charge in [-0.15, -0.1) is 0 Å². The summed E-state index contributed by atoms with van der Waals surface area (Å²) in [5, 5.41) is 0. The van der Waals surface area contributed by atoms with Crippen molar-refractivity contribution in [2.24, 2.45) is 0 Å². The Labute approximate surface area is 138 Å². The summed E-state index contributed by atoms with van der Waals surface area (Å²) in [6, 6.07) is 7.07. The minimum absolute atomic E-state index is 0.130. The van der Waals surface area contributed by atoms with Crippen LogP contribution in [0.3, 0.4) is 0 Å². The molecule has 24 heavy (non-hydrogen) atoms. The lowest BCUT2D eigenvalue weighted by Crippen LogP contribution is -2.21. The molecule has 1 aromatic carbocycles. The number of fused-ring (bicyclic) bond motifs is 3. The van der Waals surface area contributed by atoms with Gasteiger partial charge in [0.1, 0.15) is 11.5 Å². The SMILES string of the molecule is CC(C)=C1Oc2c(ccc3c2C(c2cccnc2)CC(=O)O3)C1=O. The molecule has 120 valence electrons. The molecule has 0 fully saturated rings. The lowest BCUT2D eigenvalue weighted by Gasteiger charge is -2.26.